The van der Waals surface area contributed by atoms with Crippen molar-refractivity contribution in [2.45, 2.75) is 6.04 Å². The molecule has 2 N–H and O–H groups in total. The summed E-state index contributed by atoms with van der Waals surface area (Å²) < 4.78 is 0. The number of fused-ring (bicyclic) bond motifs is 1. The summed E-state index contributed by atoms with van der Waals surface area (Å²) in [7, 11) is 0. The van der Waals surface area contributed by atoms with E-state index in [4.69, 9.17) is 5.73 Å². The summed E-state index contributed by atoms with van der Waals surface area (Å²) in [6.07, 6.45) is 5.37. The maximum atomic E-state index is 5.92. The number of hydrogen-bond acceptors (Lipinski definition) is 2. The van der Waals surface area contributed by atoms with Crippen LogP contribution in [0.2, 0.25) is 0 Å². The normalized spacial score (nSPS) is 12.6. The van der Waals surface area contributed by atoms with Gasteiger partial charge in [-0.2, -0.15) is 0 Å². The van der Waals surface area contributed by atoms with Crippen LogP contribution in [0.4, 0.5) is 0 Å². The van der Waals surface area contributed by atoms with Crippen molar-refractivity contribution < 1.29 is 0 Å². The molecule has 14 heavy (non-hydrogen) atoms. The largest absolute Gasteiger partial charge is 0.321 e. The Kier molecular flexibility index (Phi) is 2.29. The summed E-state index contributed by atoms with van der Waals surface area (Å²) in [6, 6.07) is 7.91. The van der Waals surface area contributed by atoms with Crippen LogP contribution in [0, 0.1) is 0 Å². The Bertz CT molecular complexity index is 457. The Hall–Kier alpha value is -1.67. The number of rotatable bonds is 2. The minimum absolute atomic E-state index is 0.110. The number of nitrogens with zero attached hydrogens (tertiary/aromatic N) is 1. The van der Waals surface area contributed by atoms with Crippen molar-refractivity contribution in [1.82, 2.24) is 4.98 Å². The molecular formula is C12H12N2. The third-order valence-corrected chi connectivity index (χ3v) is 2.33. The molecule has 1 aromatic heterocycles. The van der Waals surface area contributed by atoms with E-state index in [9.17, 15) is 0 Å². The Balaban J connectivity index is 2.70. The van der Waals surface area contributed by atoms with Gasteiger partial charge in [0.05, 0.1) is 0 Å². The van der Waals surface area contributed by atoms with Crippen molar-refractivity contribution in [1.29, 1.82) is 0 Å². The van der Waals surface area contributed by atoms with Crippen LogP contribution in [0.3, 0.4) is 0 Å². The molecule has 0 amide bonds. The monoisotopic (exact) mass is 184 g/mol. The smallest absolute Gasteiger partial charge is 0.0484 e. The van der Waals surface area contributed by atoms with Gasteiger partial charge in [0.1, 0.15) is 0 Å². The van der Waals surface area contributed by atoms with Gasteiger partial charge in [0, 0.05) is 23.8 Å². The van der Waals surface area contributed by atoms with Crippen LogP contribution >= 0.6 is 0 Å². The number of aromatic nitrogens is 1. The lowest BCUT2D eigenvalue weighted by Crippen LogP contribution is -2.06. The van der Waals surface area contributed by atoms with Crippen molar-refractivity contribution in [3.63, 3.8) is 0 Å². The first-order valence-electron chi connectivity index (χ1n) is 4.53. The van der Waals surface area contributed by atoms with Crippen molar-refractivity contribution in [2.75, 3.05) is 0 Å². The fourth-order valence-electron chi connectivity index (χ4n) is 1.57. The third-order valence-electron chi connectivity index (χ3n) is 2.33. The van der Waals surface area contributed by atoms with Crippen molar-refractivity contribution in [3.05, 3.63) is 54.9 Å². The van der Waals surface area contributed by atoms with E-state index in [0.717, 1.165) is 16.3 Å². The first-order valence-corrected chi connectivity index (χ1v) is 4.53. The predicted octanol–water partition coefficient (Wildman–Crippen LogP) is 2.42. The molecule has 1 aromatic carbocycles. The van der Waals surface area contributed by atoms with Gasteiger partial charge in [0.25, 0.3) is 0 Å². The van der Waals surface area contributed by atoms with Gasteiger partial charge >= 0.3 is 0 Å². The summed E-state index contributed by atoms with van der Waals surface area (Å²) >= 11 is 0. The van der Waals surface area contributed by atoms with E-state index in [1.807, 2.05) is 30.5 Å². The van der Waals surface area contributed by atoms with Crippen LogP contribution in [-0.4, -0.2) is 4.98 Å². The Morgan fingerprint density at radius 2 is 2.21 bits per heavy atom. The standard InChI is InChI=1S/C12H12N2/c1-2-12(13)11-5-3-4-9-8-14-7-6-10(9)11/h2-8,12H,1,13H2/t12-/m1/s1. The molecular weight excluding hydrogens is 172 g/mol. The molecule has 0 saturated carbocycles. The van der Waals surface area contributed by atoms with E-state index in [0.29, 0.717) is 0 Å². The molecule has 2 heteroatoms. The highest BCUT2D eigenvalue weighted by Gasteiger charge is 2.05. The van der Waals surface area contributed by atoms with E-state index >= 15 is 0 Å². The van der Waals surface area contributed by atoms with Crippen LogP contribution in [0.5, 0.6) is 0 Å². The summed E-state index contributed by atoms with van der Waals surface area (Å²) in [5.74, 6) is 0. The van der Waals surface area contributed by atoms with Gasteiger partial charge in [0.2, 0.25) is 0 Å². The average Bonchev–Trinajstić information content (AvgIpc) is 2.27. The molecule has 0 unspecified atom stereocenters. The lowest BCUT2D eigenvalue weighted by Gasteiger charge is -2.09. The molecule has 0 bridgehead atoms. The molecule has 0 radical (unpaired) electrons. The van der Waals surface area contributed by atoms with Gasteiger partial charge in [-0.1, -0.05) is 24.3 Å². The Morgan fingerprint density at radius 1 is 1.36 bits per heavy atom. The van der Waals surface area contributed by atoms with Crippen molar-refractivity contribution in [2.24, 2.45) is 5.73 Å². The van der Waals surface area contributed by atoms with E-state index in [1.54, 1.807) is 12.3 Å². The molecule has 0 aliphatic rings. The van der Waals surface area contributed by atoms with Crippen molar-refractivity contribution >= 4 is 10.8 Å². The van der Waals surface area contributed by atoms with Crippen LogP contribution in [-0.2, 0) is 0 Å². The molecule has 0 fully saturated rings. The predicted molar refractivity (Wildman–Crippen MR) is 58.9 cm³/mol. The van der Waals surface area contributed by atoms with Crippen LogP contribution in [0.25, 0.3) is 10.8 Å². The highest BCUT2D eigenvalue weighted by molar-refractivity contribution is 5.85. The molecule has 2 nitrogen and oxygen atoms in total. The second-order valence-corrected chi connectivity index (χ2v) is 3.21. The zero-order valence-electron chi connectivity index (χ0n) is 7.85. The van der Waals surface area contributed by atoms with Gasteiger partial charge in [-0.05, 0) is 17.0 Å². The maximum absolute atomic E-state index is 5.92. The lowest BCUT2D eigenvalue weighted by atomic mass is 10.0. The van der Waals surface area contributed by atoms with E-state index in [2.05, 4.69) is 11.6 Å². The van der Waals surface area contributed by atoms with Crippen LogP contribution in [0.15, 0.2) is 49.3 Å². The third kappa shape index (κ3) is 1.40. The Morgan fingerprint density at radius 3 is 3.00 bits per heavy atom. The van der Waals surface area contributed by atoms with E-state index < -0.39 is 0 Å². The second kappa shape index (κ2) is 3.60. The molecule has 0 aliphatic heterocycles. The number of nitrogens with two attached hydrogens (primary N) is 1. The number of hydrogen-bond donors (Lipinski definition) is 1. The second-order valence-electron chi connectivity index (χ2n) is 3.21. The van der Waals surface area contributed by atoms with Gasteiger partial charge in [-0.3, -0.25) is 4.98 Å². The molecule has 1 heterocycles. The summed E-state index contributed by atoms with van der Waals surface area (Å²) in [5.41, 5.74) is 7.02. The van der Waals surface area contributed by atoms with Crippen molar-refractivity contribution in [3.8, 4) is 0 Å². The first-order chi connectivity index (χ1) is 6.83. The summed E-state index contributed by atoms with van der Waals surface area (Å²) in [4.78, 5) is 4.07. The molecule has 2 rings (SSSR count). The SMILES string of the molecule is C=C[C@@H](N)c1cccc2cnccc12. The molecule has 2 aromatic rings. The van der Waals surface area contributed by atoms with E-state index in [-0.39, 0.29) is 6.04 Å². The summed E-state index contributed by atoms with van der Waals surface area (Å²) in [5, 5.41) is 2.26. The topological polar surface area (TPSA) is 38.9 Å². The van der Waals surface area contributed by atoms with E-state index in [1.165, 1.54) is 0 Å². The molecule has 0 saturated heterocycles. The van der Waals surface area contributed by atoms with Gasteiger partial charge in [0.15, 0.2) is 0 Å². The first kappa shape index (κ1) is 8.91. The quantitative estimate of drug-likeness (QED) is 0.728. The summed E-state index contributed by atoms with van der Waals surface area (Å²) in [6.45, 7) is 3.70. The lowest BCUT2D eigenvalue weighted by molar-refractivity contribution is 0.925. The number of pyridine rings is 1. The van der Waals surface area contributed by atoms with Gasteiger partial charge < -0.3 is 5.73 Å². The van der Waals surface area contributed by atoms with Crippen LogP contribution in [0.1, 0.15) is 11.6 Å². The minimum Gasteiger partial charge on any atom is -0.321 e. The fraction of sp³-hybridized carbons (Fsp3) is 0.0833. The number of benzene rings is 1. The molecule has 70 valence electrons. The zero-order valence-corrected chi connectivity index (χ0v) is 7.85. The molecule has 0 aliphatic carbocycles. The molecule has 1 atom stereocenters. The average molecular weight is 184 g/mol. The highest BCUT2D eigenvalue weighted by atomic mass is 14.6. The fourth-order valence-corrected chi connectivity index (χ4v) is 1.57. The highest BCUT2D eigenvalue weighted by Crippen LogP contribution is 2.22. The zero-order chi connectivity index (χ0) is 9.97. The molecule has 0 spiro atoms. The van der Waals surface area contributed by atoms with Gasteiger partial charge in [-0.15, -0.1) is 6.58 Å². The maximum Gasteiger partial charge on any atom is 0.0484 e. The van der Waals surface area contributed by atoms with Gasteiger partial charge in [-0.25, -0.2) is 0 Å². The van der Waals surface area contributed by atoms with Crippen LogP contribution < -0.4 is 5.73 Å². The Labute approximate surface area is 83.1 Å². The minimum atomic E-state index is -0.110.